The molecule has 0 fully saturated rings. The van der Waals surface area contributed by atoms with Gasteiger partial charge in [0, 0.05) is 16.9 Å². The van der Waals surface area contributed by atoms with Gasteiger partial charge in [-0.3, -0.25) is 0 Å². The number of aromatic nitrogens is 3. The molecule has 102 valence electrons. The standard InChI is InChI=1S/C14H14BrN5/c1-9-17-14-5-3-12(8-20(14)19-9)18-13-4-2-11(15)6-10(13)7-16/h2,4,6,12,18H,3,5,8H2,1H3/t12-/m0/s1. The number of rotatable bonds is 2. The van der Waals surface area contributed by atoms with Crippen molar-refractivity contribution in [3.05, 3.63) is 39.9 Å². The van der Waals surface area contributed by atoms with Crippen molar-refractivity contribution in [2.45, 2.75) is 32.4 Å². The van der Waals surface area contributed by atoms with E-state index in [1.165, 1.54) is 0 Å². The molecule has 1 atom stereocenters. The second kappa shape index (κ2) is 5.25. The predicted molar refractivity (Wildman–Crippen MR) is 79.3 cm³/mol. The zero-order valence-corrected chi connectivity index (χ0v) is 12.7. The highest BCUT2D eigenvalue weighted by atomic mass is 79.9. The van der Waals surface area contributed by atoms with Crippen LogP contribution < -0.4 is 5.32 Å². The lowest BCUT2D eigenvalue weighted by Gasteiger charge is -2.25. The molecule has 0 radical (unpaired) electrons. The van der Waals surface area contributed by atoms with E-state index in [-0.39, 0.29) is 6.04 Å². The summed E-state index contributed by atoms with van der Waals surface area (Å²) in [6.45, 7) is 2.70. The van der Waals surface area contributed by atoms with Crippen LogP contribution in [0.3, 0.4) is 0 Å². The second-order valence-corrected chi connectivity index (χ2v) is 5.85. The Morgan fingerprint density at radius 3 is 3.15 bits per heavy atom. The summed E-state index contributed by atoms with van der Waals surface area (Å²) >= 11 is 3.39. The van der Waals surface area contributed by atoms with Gasteiger partial charge in [-0.05, 0) is 31.5 Å². The molecule has 1 aliphatic rings. The summed E-state index contributed by atoms with van der Waals surface area (Å²) in [7, 11) is 0. The molecule has 0 unspecified atom stereocenters. The zero-order valence-electron chi connectivity index (χ0n) is 11.1. The van der Waals surface area contributed by atoms with Crippen molar-refractivity contribution in [3.63, 3.8) is 0 Å². The van der Waals surface area contributed by atoms with Crippen LogP contribution in [0.25, 0.3) is 0 Å². The number of hydrogen-bond donors (Lipinski definition) is 1. The van der Waals surface area contributed by atoms with Crippen molar-refractivity contribution < 1.29 is 0 Å². The van der Waals surface area contributed by atoms with Crippen LogP contribution in [0, 0.1) is 18.3 Å². The fraction of sp³-hybridized carbons (Fsp3) is 0.357. The van der Waals surface area contributed by atoms with E-state index in [4.69, 9.17) is 0 Å². The third-order valence-corrected chi connectivity index (χ3v) is 3.92. The van der Waals surface area contributed by atoms with Crippen LogP contribution >= 0.6 is 15.9 Å². The minimum Gasteiger partial charge on any atom is -0.379 e. The quantitative estimate of drug-likeness (QED) is 0.918. The predicted octanol–water partition coefficient (Wildman–Crippen LogP) is 2.65. The molecule has 0 saturated carbocycles. The minimum absolute atomic E-state index is 0.275. The van der Waals surface area contributed by atoms with Gasteiger partial charge in [0.15, 0.2) is 0 Å². The molecule has 0 amide bonds. The van der Waals surface area contributed by atoms with Gasteiger partial charge >= 0.3 is 0 Å². The first-order chi connectivity index (χ1) is 9.65. The lowest BCUT2D eigenvalue weighted by Crippen LogP contribution is -2.32. The number of nitrogens with one attached hydrogen (secondary N) is 1. The van der Waals surface area contributed by atoms with Crippen molar-refractivity contribution >= 4 is 21.6 Å². The zero-order chi connectivity index (χ0) is 14.1. The van der Waals surface area contributed by atoms with E-state index in [2.05, 4.69) is 37.4 Å². The summed E-state index contributed by atoms with van der Waals surface area (Å²) in [5.41, 5.74) is 1.53. The van der Waals surface area contributed by atoms with Gasteiger partial charge in [0.25, 0.3) is 0 Å². The smallest absolute Gasteiger partial charge is 0.147 e. The van der Waals surface area contributed by atoms with Gasteiger partial charge in [-0.25, -0.2) is 9.67 Å². The van der Waals surface area contributed by atoms with Crippen molar-refractivity contribution in [1.82, 2.24) is 14.8 Å². The van der Waals surface area contributed by atoms with E-state index < -0.39 is 0 Å². The highest BCUT2D eigenvalue weighted by molar-refractivity contribution is 9.10. The number of nitriles is 1. The highest BCUT2D eigenvalue weighted by Gasteiger charge is 2.21. The largest absolute Gasteiger partial charge is 0.379 e. The van der Waals surface area contributed by atoms with E-state index in [0.717, 1.165) is 41.2 Å². The van der Waals surface area contributed by atoms with E-state index in [1.54, 1.807) is 0 Å². The molecule has 1 aliphatic heterocycles. The van der Waals surface area contributed by atoms with Crippen LogP contribution in [0.15, 0.2) is 22.7 Å². The number of halogens is 1. The Morgan fingerprint density at radius 1 is 1.50 bits per heavy atom. The van der Waals surface area contributed by atoms with Crippen LogP contribution in [0.5, 0.6) is 0 Å². The van der Waals surface area contributed by atoms with Crippen molar-refractivity contribution in [2.75, 3.05) is 5.32 Å². The molecule has 0 spiro atoms. The lowest BCUT2D eigenvalue weighted by molar-refractivity contribution is 0.441. The molecule has 1 aromatic heterocycles. The fourth-order valence-electron chi connectivity index (χ4n) is 2.51. The molecule has 3 rings (SSSR count). The van der Waals surface area contributed by atoms with Crippen molar-refractivity contribution in [1.29, 1.82) is 5.26 Å². The number of benzene rings is 1. The minimum atomic E-state index is 0.275. The van der Waals surface area contributed by atoms with Crippen LogP contribution in [0.1, 0.15) is 23.6 Å². The summed E-state index contributed by atoms with van der Waals surface area (Å²) in [5.74, 6) is 1.87. The first-order valence-corrected chi connectivity index (χ1v) is 7.31. The van der Waals surface area contributed by atoms with Crippen LogP contribution in [-0.2, 0) is 13.0 Å². The molecule has 5 nitrogen and oxygen atoms in total. The Morgan fingerprint density at radius 2 is 2.35 bits per heavy atom. The molecule has 1 N–H and O–H groups in total. The van der Waals surface area contributed by atoms with Crippen molar-refractivity contribution in [2.24, 2.45) is 0 Å². The summed E-state index contributed by atoms with van der Waals surface area (Å²) in [5, 5.41) is 17.0. The van der Waals surface area contributed by atoms with Crippen molar-refractivity contribution in [3.8, 4) is 6.07 Å². The van der Waals surface area contributed by atoms with Gasteiger partial charge in [-0.1, -0.05) is 15.9 Å². The highest BCUT2D eigenvalue weighted by Crippen LogP contribution is 2.23. The summed E-state index contributed by atoms with van der Waals surface area (Å²) in [6, 6.07) is 8.20. The van der Waals surface area contributed by atoms with E-state index in [9.17, 15) is 5.26 Å². The van der Waals surface area contributed by atoms with Crippen LogP contribution in [0.2, 0.25) is 0 Å². The molecule has 0 saturated heterocycles. The summed E-state index contributed by atoms with van der Waals surface area (Å²) in [4.78, 5) is 4.40. The number of anilines is 1. The first kappa shape index (κ1) is 13.1. The second-order valence-electron chi connectivity index (χ2n) is 4.94. The van der Waals surface area contributed by atoms with Gasteiger partial charge in [-0.15, -0.1) is 0 Å². The molecule has 20 heavy (non-hydrogen) atoms. The summed E-state index contributed by atoms with van der Waals surface area (Å²) < 4.78 is 2.87. The average Bonchev–Trinajstić information content (AvgIpc) is 2.80. The van der Waals surface area contributed by atoms with E-state index in [1.807, 2.05) is 29.8 Å². The maximum Gasteiger partial charge on any atom is 0.147 e. The number of aryl methyl sites for hydroxylation is 2. The normalized spacial score (nSPS) is 17.4. The Balaban J connectivity index is 1.78. The fourth-order valence-corrected chi connectivity index (χ4v) is 2.87. The Hall–Kier alpha value is -1.87. The van der Waals surface area contributed by atoms with E-state index >= 15 is 0 Å². The number of nitrogens with zero attached hydrogens (tertiary/aromatic N) is 4. The summed E-state index contributed by atoms with van der Waals surface area (Å²) in [6.07, 6.45) is 1.91. The Labute approximate surface area is 125 Å². The maximum atomic E-state index is 9.20. The van der Waals surface area contributed by atoms with Crippen LogP contribution in [-0.4, -0.2) is 20.8 Å². The lowest BCUT2D eigenvalue weighted by atomic mass is 10.1. The molecule has 0 bridgehead atoms. The third kappa shape index (κ3) is 2.54. The average molecular weight is 332 g/mol. The van der Waals surface area contributed by atoms with Crippen LogP contribution in [0.4, 0.5) is 5.69 Å². The topological polar surface area (TPSA) is 66.5 Å². The monoisotopic (exact) mass is 331 g/mol. The SMILES string of the molecule is Cc1nc2n(n1)C[C@@H](Nc1ccc(Br)cc1C#N)CC2. The van der Waals surface area contributed by atoms with E-state index in [0.29, 0.717) is 5.56 Å². The number of fused-ring (bicyclic) bond motifs is 1. The molecule has 6 heteroatoms. The van der Waals surface area contributed by atoms with Gasteiger partial charge in [0.05, 0.1) is 17.8 Å². The molecule has 1 aromatic carbocycles. The molecule has 2 heterocycles. The first-order valence-electron chi connectivity index (χ1n) is 6.52. The van der Waals surface area contributed by atoms with Gasteiger partial charge in [0.2, 0.25) is 0 Å². The molecular formula is C14H14BrN5. The third-order valence-electron chi connectivity index (χ3n) is 3.43. The maximum absolute atomic E-state index is 9.20. The van der Waals surface area contributed by atoms with Gasteiger partial charge in [0.1, 0.15) is 17.7 Å². The number of hydrogen-bond acceptors (Lipinski definition) is 4. The Bertz CT molecular complexity index is 685. The molecular weight excluding hydrogens is 318 g/mol. The van der Waals surface area contributed by atoms with Gasteiger partial charge < -0.3 is 5.32 Å². The van der Waals surface area contributed by atoms with Gasteiger partial charge in [-0.2, -0.15) is 10.4 Å². The Kier molecular flexibility index (Phi) is 3.45. The molecule has 0 aliphatic carbocycles. The molecule has 2 aromatic rings.